The highest BCUT2D eigenvalue weighted by Gasteiger charge is 2.14. The van der Waals surface area contributed by atoms with Crippen molar-refractivity contribution in [1.82, 2.24) is 0 Å². The van der Waals surface area contributed by atoms with E-state index in [-0.39, 0.29) is 23.1 Å². The smallest absolute Gasteiger partial charge is 0.279 e. The van der Waals surface area contributed by atoms with E-state index >= 15 is 0 Å². The minimum absolute atomic E-state index is 0.0798. The van der Waals surface area contributed by atoms with Crippen LogP contribution in [0.5, 0.6) is 0 Å². The molecule has 0 aromatic heterocycles. The predicted octanol–water partition coefficient (Wildman–Crippen LogP) is 2.27. The Morgan fingerprint density at radius 3 is 2.82 bits per heavy atom. The molecule has 0 fully saturated rings. The highest BCUT2D eigenvalue weighted by molar-refractivity contribution is 7.99. The van der Waals surface area contributed by atoms with E-state index in [2.05, 4.69) is 0 Å². The summed E-state index contributed by atoms with van der Waals surface area (Å²) in [6.07, 6.45) is 1.12. The summed E-state index contributed by atoms with van der Waals surface area (Å²) >= 11 is 1.48. The van der Waals surface area contributed by atoms with Gasteiger partial charge >= 0.3 is 0 Å². The van der Waals surface area contributed by atoms with Gasteiger partial charge in [-0.05, 0) is 18.6 Å². The Kier molecular flexibility index (Phi) is 5.11. The highest BCUT2D eigenvalue weighted by Crippen LogP contribution is 2.28. The van der Waals surface area contributed by atoms with E-state index in [9.17, 15) is 14.9 Å². The largest absolute Gasteiger partial charge is 0.396 e. The van der Waals surface area contributed by atoms with Crippen molar-refractivity contribution in [2.24, 2.45) is 0 Å². The van der Waals surface area contributed by atoms with Crippen molar-refractivity contribution in [1.29, 1.82) is 0 Å². The molecule has 0 radical (unpaired) electrons. The van der Waals surface area contributed by atoms with Crippen molar-refractivity contribution in [3.05, 3.63) is 33.9 Å². The van der Waals surface area contributed by atoms with Gasteiger partial charge in [-0.15, -0.1) is 11.8 Å². The molecular formula is C11H13NO4S. The summed E-state index contributed by atoms with van der Waals surface area (Å²) in [5.41, 5.74) is -0.102. The number of carbonyl (C=O) groups is 1. The van der Waals surface area contributed by atoms with Gasteiger partial charge in [0, 0.05) is 22.8 Å². The minimum atomic E-state index is -0.574. The number of benzene rings is 1. The summed E-state index contributed by atoms with van der Waals surface area (Å²) in [5, 5.41) is 19.6. The molecule has 1 aromatic rings. The van der Waals surface area contributed by atoms with Gasteiger partial charge < -0.3 is 5.11 Å². The van der Waals surface area contributed by atoms with Crippen molar-refractivity contribution < 1.29 is 14.8 Å². The molecule has 1 rings (SSSR count). The Balaban J connectivity index is 2.90. The molecule has 0 aliphatic rings. The topological polar surface area (TPSA) is 80.4 Å². The summed E-state index contributed by atoms with van der Waals surface area (Å²) in [7, 11) is 0. The molecule has 0 amide bonds. The van der Waals surface area contributed by atoms with Crippen molar-refractivity contribution >= 4 is 23.7 Å². The van der Waals surface area contributed by atoms with Gasteiger partial charge in [-0.2, -0.15) is 0 Å². The van der Waals surface area contributed by atoms with Gasteiger partial charge in [0.05, 0.1) is 10.5 Å². The number of aliphatic hydroxyl groups is 1. The third-order valence-corrected chi connectivity index (χ3v) is 3.36. The summed E-state index contributed by atoms with van der Waals surface area (Å²) in [6, 6.07) is 4.45. The maximum atomic E-state index is 10.7. The van der Waals surface area contributed by atoms with Gasteiger partial charge in [0.2, 0.25) is 0 Å². The average Bonchev–Trinajstić information content (AvgIpc) is 2.28. The molecule has 5 nitrogen and oxygen atoms in total. The average molecular weight is 255 g/mol. The third kappa shape index (κ3) is 3.83. The number of rotatable bonds is 6. The maximum absolute atomic E-state index is 10.7. The van der Waals surface area contributed by atoms with E-state index < -0.39 is 4.92 Å². The second-order valence-corrected chi connectivity index (χ2v) is 5.05. The van der Waals surface area contributed by atoms with E-state index in [0.717, 1.165) is 4.90 Å². The van der Waals surface area contributed by atoms with Gasteiger partial charge in [0.1, 0.15) is 0 Å². The van der Waals surface area contributed by atoms with Crippen LogP contribution < -0.4 is 0 Å². The molecule has 0 bridgehead atoms. The number of nitro groups is 1. The molecular weight excluding hydrogens is 242 g/mol. The lowest BCUT2D eigenvalue weighted by Crippen LogP contribution is -2.00. The molecule has 0 saturated carbocycles. The molecule has 1 aromatic carbocycles. The first kappa shape index (κ1) is 13.7. The van der Waals surface area contributed by atoms with Crippen LogP contribution in [0.4, 0.5) is 5.69 Å². The number of nitro benzene ring substituents is 1. The Bertz CT molecular complexity index is 422. The number of hydrogen-bond acceptors (Lipinski definition) is 5. The monoisotopic (exact) mass is 255 g/mol. The normalized spacial score (nSPS) is 12.1. The number of aldehydes is 1. The van der Waals surface area contributed by atoms with E-state index in [1.54, 1.807) is 6.07 Å². The van der Waals surface area contributed by atoms with Gasteiger partial charge in [-0.25, -0.2) is 0 Å². The molecule has 0 aliphatic heterocycles. The molecule has 0 heterocycles. The fourth-order valence-electron chi connectivity index (χ4n) is 1.34. The van der Waals surface area contributed by atoms with Gasteiger partial charge in [-0.3, -0.25) is 14.9 Å². The lowest BCUT2D eigenvalue weighted by Gasteiger charge is -2.09. The summed E-state index contributed by atoms with van der Waals surface area (Å²) < 4.78 is 0. The van der Waals surface area contributed by atoms with Crippen LogP contribution in [0.25, 0.3) is 0 Å². The van der Waals surface area contributed by atoms with Crippen molar-refractivity contribution in [3.8, 4) is 0 Å². The van der Waals surface area contributed by atoms with Crippen molar-refractivity contribution in [3.63, 3.8) is 0 Å². The highest BCUT2D eigenvalue weighted by atomic mass is 32.2. The van der Waals surface area contributed by atoms with E-state index in [4.69, 9.17) is 5.11 Å². The molecule has 17 heavy (non-hydrogen) atoms. The maximum Gasteiger partial charge on any atom is 0.279 e. The van der Waals surface area contributed by atoms with Crippen LogP contribution in [0, 0.1) is 10.1 Å². The number of hydrogen-bond donors (Lipinski definition) is 1. The first-order valence-corrected chi connectivity index (χ1v) is 5.97. The Labute approximate surface area is 103 Å². The fourth-order valence-corrected chi connectivity index (χ4v) is 2.37. The second-order valence-electron chi connectivity index (χ2n) is 3.54. The van der Waals surface area contributed by atoms with Crippen LogP contribution in [-0.4, -0.2) is 28.2 Å². The summed E-state index contributed by atoms with van der Waals surface area (Å²) in [6.45, 7) is 2.05. The Morgan fingerprint density at radius 1 is 1.59 bits per heavy atom. The van der Waals surface area contributed by atoms with E-state index in [1.807, 2.05) is 6.92 Å². The zero-order valence-electron chi connectivity index (χ0n) is 9.33. The van der Waals surface area contributed by atoms with E-state index in [1.165, 1.54) is 23.9 Å². The molecule has 1 unspecified atom stereocenters. The third-order valence-electron chi connectivity index (χ3n) is 2.20. The van der Waals surface area contributed by atoms with Crippen LogP contribution in [0.1, 0.15) is 23.7 Å². The molecule has 0 aliphatic carbocycles. The van der Waals surface area contributed by atoms with Crippen molar-refractivity contribution in [2.45, 2.75) is 23.5 Å². The molecule has 0 spiro atoms. The number of carbonyl (C=O) groups excluding carboxylic acids is 1. The standard InChI is InChI=1S/C11H13NO4S/c1-8(4-5-13)17-10-2-3-11(12(15)16)9(6-10)7-14/h2-3,6-8,13H,4-5H2,1H3. The number of aliphatic hydroxyl groups excluding tert-OH is 1. The molecule has 92 valence electrons. The fraction of sp³-hybridized carbons (Fsp3) is 0.364. The quantitative estimate of drug-likeness (QED) is 0.365. The van der Waals surface area contributed by atoms with E-state index in [0.29, 0.717) is 12.7 Å². The lowest BCUT2D eigenvalue weighted by molar-refractivity contribution is -0.385. The first-order valence-electron chi connectivity index (χ1n) is 5.09. The Hall–Kier alpha value is -1.40. The van der Waals surface area contributed by atoms with Crippen LogP contribution >= 0.6 is 11.8 Å². The zero-order valence-corrected chi connectivity index (χ0v) is 10.1. The predicted molar refractivity (Wildman–Crippen MR) is 65.5 cm³/mol. The van der Waals surface area contributed by atoms with Crippen LogP contribution in [0.2, 0.25) is 0 Å². The summed E-state index contributed by atoms with van der Waals surface area (Å²) in [5.74, 6) is 0. The first-order chi connectivity index (χ1) is 8.08. The summed E-state index contributed by atoms with van der Waals surface area (Å²) in [4.78, 5) is 21.6. The van der Waals surface area contributed by atoms with Gasteiger partial charge in [0.25, 0.3) is 5.69 Å². The Morgan fingerprint density at radius 2 is 2.29 bits per heavy atom. The van der Waals surface area contributed by atoms with Crippen molar-refractivity contribution in [2.75, 3.05) is 6.61 Å². The molecule has 1 atom stereocenters. The van der Waals surface area contributed by atoms with Crippen LogP contribution in [0.15, 0.2) is 23.1 Å². The lowest BCUT2D eigenvalue weighted by atomic mass is 10.2. The van der Waals surface area contributed by atoms with Crippen LogP contribution in [-0.2, 0) is 0 Å². The van der Waals surface area contributed by atoms with Gasteiger partial charge in [-0.1, -0.05) is 6.92 Å². The van der Waals surface area contributed by atoms with Gasteiger partial charge in [0.15, 0.2) is 6.29 Å². The zero-order chi connectivity index (χ0) is 12.8. The second kappa shape index (κ2) is 6.36. The molecule has 6 heteroatoms. The molecule has 0 saturated heterocycles. The number of thioether (sulfide) groups is 1. The number of nitrogens with zero attached hydrogens (tertiary/aromatic N) is 1. The SMILES string of the molecule is CC(CCO)Sc1ccc([N+](=O)[O-])c(C=O)c1. The molecule has 1 N–H and O–H groups in total. The minimum Gasteiger partial charge on any atom is -0.396 e. The van der Waals surface area contributed by atoms with Crippen LogP contribution in [0.3, 0.4) is 0 Å².